The summed E-state index contributed by atoms with van der Waals surface area (Å²) in [4.78, 5) is 17.0. The Morgan fingerprint density at radius 1 is 1.11 bits per heavy atom. The number of ether oxygens (including phenoxy) is 1. The highest BCUT2D eigenvalue weighted by molar-refractivity contribution is 5.71. The molecule has 0 aliphatic rings. The molecule has 0 spiro atoms. The summed E-state index contributed by atoms with van der Waals surface area (Å²) in [5, 5.41) is 0. The third-order valence-corrected chi connectivity index (χ3v) is 5.68. The lowest BCUT2D eigenvalue weighted by Gasteiger charge is -2.17. The molecule has 0 radical (unpaired) electrons. The van der Waals surface area contributed by atoms with Gasteiger partial charge in [0.1, 0.15) is 5.82 Å². The van der Waals surface area contributed by atoms with Crippen LogP contribution in [0.2, 0.25) is 0 Å². The van der Waals surface area contributed by atoms with Crippen LogP contribution in [0.4, 0.5) is 4.79 Å². The summed E-state index contributed by atoms with van der Waals surface area (Å²) in [6.45, 7) is 13.5. The highest BCUT2D eigenvalue weighted by Crippen LogP contribution is 2.27. The van der Waals surface area contributed by atoms with E-state index in [4.69, 9.17) is 4.74 Å². The summed E-state index contributed by atoms with van der Waals surface area (Å²) in [5.74, 6) is 2.08. The van der Waals surface area contributed by atoms with Crippen LogP contribution in [0.3, 0.4) is 0 Å². The number of carbonyl (C=O) groups is 1. The Morgan fingerprint density at radius 3 is 2.57 bits per heavy atom. The van der Waals surface area contributed by atoms with Crippen molar-refractivity contribution in [2.75, 3.05) is 6.61 Å². The summed E-state index contributed by atoms with van der Waals surface area (Å²) in [5.41, 5.74) is 3.68. The van der Waals surface area contributed by atoms with E-state index < -0.39 is 0 Å². The van der Waals surface area contributed by atoms with Crippen LogP contribution < -0.4 is 0 Å². The molecule has 1 heterocycles. The summed E-state index contributed by atoms with van der Waals surface area (Å²) in [6.07, 6.45) is 7.64. The van der Waals surface area contributed by atoms with Crippen molar-refractivity contribution in [3.63, 3.8) is 0 Å². The monoisotopic (exact) mass is 384 g/mol. The highest BCUT2D eigenvalue weighted by Gasteiger charge is 2.20. The lowest BCUT2D eigenvalue weighted by molar-refractivity contribution is 0.139. The summed E-state index contributed by atoms with van der Waals surface area (Å²) < 4.78 is 7.10. The van der Waals surface area contributed by atoms with Gasteiger partial charge in [0.15, 0.2) is 0 Å². The predicted molar refractivity (Wildman–Crippen MR) is 115 cm³/mol. The standard InChI is InChI=1S/C24H36N2O2/c1-17(2)9-7-10-18(3)13-16-28-24(27)26-15-14-25-23(26)21(6)22-12-8-11-19(4)20(22)5/h8,11-12,14-15,17-18,21H,7,9-10,13,16H2,1-6H3/t18-,21+/m1/s1. The van der Waals surface area contributed by atoms with E-state index in [9.17, 15) is 4.79 Å². The Kier molecular flexibility index (Phi) is 8.28. The average Bonchev–Trinajstić information content (AvgIpc) is 3.13. The molecule has 0 N–H and O–H groups in total. The van der Waals surface area contributed by atoms with E-state index in [-0.39, 0.29) is 12.0 Å². The van der Waals surface area contributed by atoms with Gasteiger partial charge in [-0.05, 0) is 48.8 Å². The molecule has 4 heteroatoms. The summed E-state index contributed by atoms with van der Waals surface area (Å²) in [6, 6.07) is 6.27. The maximum absolute atomic E-state index is 12.6. The number of nitrogens with zero attached hydrogens (tertiary/aromatic N) is 2. The van der Waals surface area contributed by atoms with Gasteiger partial charge in [0.2, 0.25) is 0 Å². The van der Waals surface area contributed by atoms with Crippen LogP contribution in [0, 0.1) is 25.7 Å². The minimum Gasteiger partial charge on any atom is -0.449 e. The molecule has 2 aromatic rings. The highest BCUT2D eigenvalue weighted by atomic mass is 16.5. The van der Waals surface area contributed by atoms with Gasteiger partial charge >= 0.3 is 6.09 Å². The molecule has 2 atom stereocenters. The van der Waals surface area contributed by atoms with Gasteiger partial charge in [-0.25, -0.2) is 14.3 Å². The fraction of sp³-hybridized carbons (Fsp3) is 0.583. The summed E-state index contributed by atoms with van der Waals surface area (Å²) in [7, 11) is 0. The molecular weight excluding hydrogens is 348 g/mol. The Morgan fingerprint density at radius 2 is 1.86 bits per heavy atom. The zero-order chi connectivity index (χ0) is 20.7. The molecule has 154 valence electrons. The van der Waals surface area contributed by atoms with Gasteiger partial charge in [0.05, 0.1) is 6.61 Å². The van der Waals surface area contributed by atoms with Gasteiger partial charge in [-0.2, -0.15) is 0 Å². The maximum Gasteiger partial charge on any atom is 0.419 e. The van der Waals surface area contributed by atoms with Crippen LogP contribution in [0.15, 0.2) is 30.6 Å². The molecule has 1 aromatic carbocycles. The van der Waals surface area contributed by atoms with Crippen molar-refractivity contribution in [1.29, 1.82) is 0 Å². The largest absolute Gasteiger partial charge is 0.449 e. The number of hydrogen-bond donors (Lipinski definition) is 0. The number of carbonyl (C=O) groups excluding carboxylic acids is 1. The van der Waals surface area contributed by atoms with Crippen LogP contribution in [-0.2, 0) is 4.74 Å². The van der Waals surface area contributed by atoms with E-state index >= 15 is 0 Å². The number of aryl methyl sites for hydroxylation is 1. The third-order valence-electron chi connectivity index (χ3n) is 5.68. The number of aromatic nitrogens is 2. The van der Waals surface area contributed by atoms with E-state index in [1.807, 2.05) is 0 Å². The first-order valence-electron chi connectivity index (χ1n) is 10.6. The number of rotatable bonds is 9. The fourth-order valence-electron chi connectivity index (χ4n) is 3.61. The second kappa shape index (κ2) is 10.4. The molecule has 0 fully saturated rings. The lowest BCUT2D eigenvalue weighted by atomic mass is 9.93. The Balaban J connectivity index is 1.93. The smallest absolute Gasteiger partial charge is 0.419 e. The summed E-state index contributed by atoms with van der Waals surface area (Å²) >= 11 is 0. The van der Waals surface area contributed by atoms with E-state index in [1.54, 1.807) is 17.0 Å². The van der Waals surface area contributed by atoms with Crippen LogP contribution in [0.5, 0.6) is 0 Å². The van der Waals surface area contributed by atoms with Crippen LogP contribution in [0.25, 0.3) is 0 Å². The third kappa shape index (κ3) is 5.95. The zero-order valence-corrected chi connectivity index (χ0v) is 18.4. The molecule has 0 aliphatic heterocycles. The molecule has 0 saturated carbocycles. The minimum absolute atomic E-state index is 0.0254. The Bertz CT molecular complexity index is 764. The molecule has 0 amide bonds. The van der Waals surface area contributed by atoms with Crippen LogP contribution in [-0.4, -0.2) is 22.3 Å². The molecular formula is C24H36N2O2. The van der Waals surface area contributed by atoms with Gasteiger partial charge in [0, 0.05) is 18.3 Å². The first-order valence-corrected chi connectivity index (χ1v) is 10.6. The van der Waals surface area contributed by atoms with Gasteiger partial charge in [0.25, 0.3) is 0 Å². The van der Waals surface area contributed by atoms with Gasteiger partial charge in [-0.1, -0.05) is 65.2 Å². The molecule has 1 aromatic heterocycles. The van der Waals surface area contributed by atoms with Crippen LogP contribution in [0.1, 0.15) is 81.8 Å². The SMILES string of the molecule is Cc1cccc([C@H](C)c2nccn2C(=O)OCC[C@H](C)CCCC(C)C)c1C. The minimum atomic E-state index is -0.334. The van der Waals surface area contributed by atoms with Crippen LogP contribution >= 0.6 is 0 Å². The molecule has 0 bridgehead atoms. The number of imidazole rings is 1. The Labute approximate surface area is 170 Å². The first kappa shape index (κ1) is 22.2. The Hall–Kier alpha value is -2.10. The zero-order valence-electron chi connectivity index (χ0n) is 18.4. The molecule has 0 aliphatic carbocycles. The average molecular weight is 385 g/mol. The fourth-order valence-corrected chi connectivity index (χ4v) is 3.61. The number of benzene rings is 1. The molecule has 4 nitrogen and oxygen atoms in total. The van der Waals surface area contributed by atoms with Gasteiger partial charge in [-0.15, -0.1) is 0 Å². The van der Waals surface area contributed by atoms with Gasteiger partial charge < -0.3 is 4.74 Å². The normalized spacial score (nSPS) is 13.5. The van der Waals surface area contributed by atoms with E-state index in [0.717, 1.165) is 18.2 Å². The topological polar surface area (TPSA) is 44.1 Å². The van der Waals surface area contributed by atoms with Crippen molar-refractivity contribution >= 4 is 6.09 Å². The predicted octanol–water partition coefficient (Wildman–Crippen LogP) is 6.49. The second-order valence-corrected chi connectivity index (χ2v) is 8.50. The van der Waals surface area contributed by atoms with Crippen molar-refractivity contribution in [1.82, 2.24) is 9.55 Å². The van der Waals surface area contributed by atoms with Gasteiger partial charge in [-0.3, -0.25) is 0 Å². The molecule has 28 heavy (non-hydrogen) atoms. The first-order chi connectivity index (χ1) is 13.3. The van der Waals surface area contributed by atoms with Crippen molar-refractivity contribution in [3.05, 3.63) is 53.1 Å². The van der Waals surface area contributed by atoms with Crippen molar-refractivity contribution in [2.45, 2.75) is 73.1 Å². The van der Waals surface area contributed by atoms with E-state index in [1.165, 1.54) is 36.0 Å². The number of hydrogen-bond acceptors (Lipinski definition) is 3. The second-order valence-electron chi connectivity index (χ2n) is 8.50. The molecule has 2 rings (SSSR count). The molecule has 0 saturated heterocycles. The molecule has 0 unspecified atom stereocenters. The maximum atomic E-state index is 12.6. The van der Waals surface area contributed by atoms with Crippen molar-refractivity contribution < 1.29 is 9.53 Å². The lowest BCUT2D eigenvalue weighted by Crippen LogP contribution is -2.19. The van der Waals surface area contributed by atoms with E-state index in [2.05, 4.69) is 64.7 Å². The van der Waals surface area contributed by atoms with E-state index in [0.29, 0.717) is 12.5 Å². The van der Waals surface area contributed by atoms with Crippen molar-refractivity contribution in [3.8, 4) is 0 Å². The quantitative estimate of drug-likeness (QED) is 0.496. The van der Waals surface area contributed by atoms with Crippen molar-refractivity contribution in [2.24, 2.45) is 11.8 Å².